The van der Waals surface area contributed by atoms with Gasteiger partial charge in [-0.05, 0) is 18.6 Å². The lowest BCUT2D eigenvalue weighted by molar-refractivity contribution is -0.140. The van der Waals surface area contributed by atoms with Crippen LogP contribution in [-0.2, 0) is 14.3 Å². The summed E-state index contributed by atoms with van der Waals surface area (Å²) in [6, 6.07) is 5.45. The summed E-state index contributed by atoms with van der Waals surface area (Å²) in [4.78, 5) is 34.3. The fourth-order valence-corrected chi connectivity index (χ4v) is 1.75. The lowest BCUT2D eigenvalue weighted by Gasteiger charge is -2.15. The molecule has 0 radical (unpaired) electrons. The van der Waals surface area contributed by atoms with E-state index in [0.717, 1.165) is 0 Å². The second-order valence-electron chi connectivity index (χ2n) is 4.02. The van der Waals surface area contributed by atoms with Crippen molar-refractivity contribution in [2.24, 2.45) is 5.73 Å². The SMILES string of the molecule is COC(=O)CC[C@H](NC(=O)c1ccccc1Cl)C(N)=O. The molecular formula is C13H15ClN2O4. The van der Waals surface area contributed by atoms with Crippen LogP contribution in [0.1, 0.15) is 23.2 Å². The largest absolute Gasteiger partial charge is 0.469 e. The standard InChI is InChI=1S/C13H15ClN2O4/c1-20-11(17)7-6-10(12(15)18)16-13(19)8-4-2-3-5-9(8)14/h2-5,10H,6-7H2,1H3,(H2,15,18)(H,16,19)/t10-/m0/s1. The van der Waals surface area contributed by atoms with Gasteiger partial charge in [0.1, 0.15) is 6.04 Å². The van der Waals surface area contributed by atoms with Crippen molar-refractivity contribution >= 4 is 29.4 Å². The second kappa shape index (κ2) is 7.49. The first-order valence-electron chi connectivity index (χ1n) is 5.87. The minimum absolute atomic E-state index is 0.0209. The number of hydrogen-bond donors (Lipinski definition) is 2. The highest BCUT2D eigenvalue weighted by atomic mass is 35.5. The Morgan fingerprint density at radius 3 is 2.55 bits per heavy atom. The van der Waals surface area contributed by atoms with Gasteiger partial charge < -0.3 is 15.8 Å². The Bertz CT molecular complexity index is 519. The fourth-order valence-electron chi connectivity index (χ4n) is 1.53. The molecule has 1 rings (SSSR count). The van der Waals surface area contributed by atoms with Crippen LogP contribution in [0.2, 0.25) is 5.02 Å². The third-order valence-electron chi connectivity index (χ3n) is 2.63. The fraction of sp³-hybridized carbons (Fsp3) is 0.308. The van der Waals surface area contributed by atoms with E-state index in [0.29, 0.717) is 0 Å². The summed E-state index contributed by atoms with van der Waals surface area (Å²) < 4.78 is 4.46. The number of ether oxygens (including phenoxy) is 1. The zero-order valence-corrected chi connectivity index (χ0v) is 11.6. The van der Waals surface area contributed by atoms with Gasteiger partial charge >= 0.3 is 5.97 Å². The quantitative estimate of drug-likeness (QED) is 0.762. The number of amides is 2. The number of methoxy groups -OCH3 is 1. The molecule has 0 unspecified atom stereocenters. The third-order valence-corrected chi connectivity index (χ3v) is 2.96. The number of halogens is 1. The van der Waals surface area contributed by atoms with Crippen LogP contribution in [0, 0.1) is 0 Å². The molecule has 0 aliphatic rings. The monoisotopic (exact) mass is 298 g/mol. The van der Waals surface area contributed by atoms with Crippen molar-refractivity contribution in [1.82, 2.24) is 5.32 Å². The predicted molar refractivity (Wildman–Crippen MR) is 73.2 cm³/mol. The van der Waals surface area contributed by atoms with Gasteiger partial charge in [0.2, 0.25) is 5.91 Å². The Morgan fingerprint density at radius 1 is 1.35 bits per heavy atom. The van der Waals surface area contributed by atoms with Gasteiger partial charge in [-0.3, -0.25) is 14.4 Å². The maximum absolute atomic E-state index is 12.0. The van der Waals surface area contributed by atoms with Crippen molar-refractivity contribution in [3.63, 3.8) is 0 Å². The van der Waals surface area contributed by atoms with Crippen LogP contribution in [0.4, 0.5) is 0 Å². The Balaban J connectivity index is 2.71. The number of hydrogen-bond acceptors (Lipinski definition) is 4. The Labute approximate surface area is 121 Å². The molecule has 108 valence electrons. The van der Waals surface area contributed by atoms with Crippen molar-refractivity contribution in [3.8, 4) is 0 Å². The van der Waals surface area contributed by atoms with Crippen LogP contribution in [0.25, 0.3) is 0 Å². The minimum Gasteiger partial charge on any atom is -0.469 e. The van der Waals surface area contributed by atoms with Crippen LogP contribution in [-0.4, -0.2) is 30.9 Å². The summed E-state index contributed by atoms with van der Waals surface area (Å²) >= 11 is 5.88. The van der Waals surface area contributed by atoms with E-state index in [1.807, 2.05) is 0 Å². The number of carbonyl (C=O) groups is 3. The van der Waals surface area contributed by atoms with Gasteiger partial charge in [0.25, 0.3) is 5.91 Å². The van der Waals surface area contributed by atoms with Crippen LogP contribution < -0.4 is 11.1 Å². The number of nitrogens with one attached hydrogen (secondary N) is 1. The Kier molecular flexibility index (Phi) is 5.99. The maximum atomic E-state index is 12.0. The molecular weight excluding hydrogens is 284 g/mol. The highest BCUT2D eigenvalue weighted by Crippen LogP contribution is 2.15. The summed E-state index contributed by atoms with van der Waals surface area (Å²) in [5.41, 5.74) is 5.42. The summed E-state index contributed by atoms with van der Waals surface area (Å²) in [6.45, 7) is 0. The van der Waals surface area contributed by atoms with E-state index in [1.54, 1.807) is 18.2 Å². The molecule has 1 aromatic rings. The second-order valence-corrected chi connectivity index (χ2v) is 4.43. The van der Waals surface area contributed by atoms with Gasteiger partial charge in [0.05, 0.1) is 17.7 Å². The average molecular weight is 299 g/mol. The Hall–Kier alpha value is -2.08. The van der Waals surface area contributed by atoms with Crippen LogP contribution in [0.15, 0.2) is 24.3 Å². The van der Waals surface area contributed by atoms with Gasteiger partial charge in [-0.15, -0.1) is 0 Å². The van der Waals surface area contributed by atoms with Gasteiger partial charge in [0, 0.05) is 6.42 Å². The van der Waals surface area contributed by atoms with E-state index < -0.39 is 23.8 Å². The number of primary amides is 1. The topological polar surface area (TPSA) is 98.5 Å². The highest BCUT2D eigenvalue weighted by molar-refractivity contribution is 6.33. The number of benzene rings is 1. The number of nitrogens with two attached hydrogens (primary N) is 1. The van der Waals surface area contributed by atoms with E-state index in [9.17, 15) is 14.4 Å². The lowest BCUT2D eigenvalue weighted by atomic mass is 10.1. The highest BCUT2D eigenvalue weighted by Gasteiger charge is 2.21. The predicted octanol–water partition coefficient (Wildman–Crippen LogP) is 0.877. The molecule has 0 aliphatic heterocycles. The molecule has 2 amide bonds. The van der Waals surface area contributed by atoms with Gasteiger partial charge in [-0.2, -0.15) is 0 Å². The molecule has 0 bridgehead atoms. The van der Waals surface area contributed by atoms with Crippen LogP contribution >= 0.6 is 11.6 Å². The van der Waals surface area contributed by atoms with Crippen LogP contribution in [0.3, 0.4) is 0 Å². The van der Waals surface area contributed by atoms with Crippen molar-refractivity contribution in [1.29, 1.82) is 0 Å². The average Bonchev–Trinajstić information content (AvgIpc) is 2.42. The molecule has 0 saturated heterocycles. The van der Waals surface area contributed by atoms with Crippen molar-refractivity contribution in [3.05, 3.63) is 34.9 Å². The molecule has 7 heteroatoms. The molecule has 1 aromatic carbocycles. The number of rotatable bonds is 6. The molecule has 1 atom stereocenters. The van der Waals surface area contributed by atoms with Crippen molar-refractivity contribution in [2.45, 2.75) is 18.9 Å². The van der Waals surface area contributed by atoms with E-state index in [2.05, 4.69) is 10.1 Å². The molecule has 0 aromatic heterocycles. The summed E-state index contributed by atoms with van der Waals surface area (Å²) in [5.74, 6) is -1.73. The number of esters is 1. The van der Waals surface area contributed by atoms with Gasteiger partial charge in [-0.25, -0.2) is 0 Å². The first kappa shape index (κ1) is 16.0. The summed E-state index contributed by atoms with van der Waals surface area (Å²) in [5, 5.41) is 2.71. The first-order valence-corrected chi connectivity index (χ1v) is 6.25. The Morgan fingerprint density at radius 2 is 2.00 bits per heavy atom. The summed E-state index contributed by atoms with van der Waals surface area (Å²) in [6.07, 6.45) is 0.0467. The van der Waals surface area contributed by atoms with E-state index in [1.165, 1.54) is 13.2 Å². The maximum Gasteiger partial charge on any atom is 0.305 e. The van der Waals surface area contributed by atoms with E-state index in [4.69, 9.17) is 17.3 Å². The third kappa shape index (κ3) is 4.55. The minimum atomic E-state index is -0.960. The van der Waals surface area contributed by atoms with Crippen molar-refractivity contribution < 1.29 is 19.1 Å². The van der Waals surface area contributed by atoms with Gasteiger partial charge in [0.15, 0.2) is 0 Å². The van der Waals surface area contributed by atoms with Gasteiger partial charge in [-0.1, -0.05) is 23.7 Å². The molecule has 0 fully saturated rings. The molecule has 0 saturated carbocycles. The van der Waals surface area contributed by atoms with E-state index >= 15 is 0 Å². The molecule has 0 aliphatic carbocycles. The molecule has 20 heavy (non-hydrogen) atoms. The summed E-state index contributed by atoms with van der Waals surface area (Å²) in [7, 11) is 1.24. The smallest absolute Gasteiger partial charge is 0.305 e. The lowest BCUT2D eigenvalue weighted by Crippen LogP contribution is -2.44. The zero-order valence-electron chi connectivity index (χ0n) is 10.9. The van der Waals surface area contributed by atoms with Crippen LogP contribution in [0.5, 0.6) is 0 Å². The molecule has 3 N–H and O–H groups in total. The first-order chi connectivity index (χ1) is 9.45. The number of carbonyl (C=O) groups excluding carboxylic acids is 3. The molecule has 0 spiro atoms. The molecule has 6 nitrogen and oxygen atoms in total. The normalized spacial score (nSPS) is 11.5. The zero-order chi connectivity index (χ0) is 15.1. The van der Waals surface area contributed by atoms with E-state index in [-0.39, 0.29) is 23.4 Å². The molecule has 0 heterocycles. The van der Waals surface area contributed by atoms with Crippen molar-refractivity contribution in [2.75, 3.05) is 7.11 Å².